The van der Waals surface area contributed by atoms with Crippen molar-refractivity contribution in [1.29, 1.82) is 0 Å². The SMILES string of the molecule is Bc1ccc(OCC(C)=O)cc1C. The van der Waals surface area contributed by atoms with Gasteiger partial charge in [0.1, 0.15) is 20.2 Å². The summed E-state index contributed by atoms with van der Waals surface area (Å²) in [6.07, 6.45) is 0. The number of hydrogen-bond acceptors (Lipinski definition) is 2. The lowest BCUT2D eigenvalue weighted by atomic mass is 9.91. The standard InChI is InChI=1S/C10H13BO2/c1-7-5-9(3-4-10(7)11)13-6-8(2)12/h3-5H,6,11H2,1-2H3. The fourth-order valence-electron chi connectivity index (χ4n) is 0.989. The van der Waals surface area contributed by atoms with E-state index in [4.69, 9.17) is 4.74 Å². The van der Waals surface area contributed by atoms with Crippen molar-refractivity contribution in [3.8, 4) is 5.75 Å². The first-order valence-corrected chi connectivity index (χ1v) is 4.29. The van der Waals surface area contributed by atoms with Gasteiger partial charge in [-0.2, -0.15) is 0 Å². The summed E-state index contributed by atoms with van der Waals surface area (Å²) >= 11 is 0. The number of rotatable bonds is 3. The average molecular weight is 176 g/mol. The molecule has 0 fully saturated rings. The van der Waals surface area contributed by atoms with E-state index in [1.54, 1.807) is 0 Å². The minimum Gasteiger partial charge on any atom is -0.486 e. The molecule has 0 spiro atoms. The highest BCUT2D eigenvalue weighted by Gasteiger charge is 1.98. The van der Waals surface area contributed by atoms with Crippen LogP contribution in [0.5, 0.6) is 5.75 Å². The molecule has 0 heterocycles. The molecule has 0 bridgehead atoms. The van der Waals surface area contributed by atoms with Gasteiger partial charge in [-0.05, 0) is 26.0 Å². The molecule has 0 saturated carbocycles. The van der Waals surface area contributed by atoms with E-state index in [1.807, 2.05) is 33.0 Å². The topological polar surface area (TPSA) is 26.3 Å². The van der Waals surface area contributed by atoms with E-state index in [1.165, 1.54) is 17.9 Å². The molecule has 0 aliphatic heterocycles. The van der Waals surface area contributed by atoms with E-state index in [2.05, 4.69) is 0 Å². The van der Waals surface area contributed by atoms with E-state index < -0.39 is 0 Å². The van der Waals surface area contributed by atoms with E-state index >= 15 is 0 Å². The number of ketones is 1. The summed E-state index contributed by atoms with van der Waals surface area (Å²) < 4.78 is 5.25. The predicted octanol–water partition coefficient (Wildman–Crippen LogP) is 0.221. The van der Waals surface area contributed by atoms with Crippen LogP contribution in [0.25, 0.3) is 0 Å². The van der Waals surface area contributed by atoms with E-state index in [0.29, 0.717) is 0 Å². The first kappa shape index (κ1) is 9.84. The predicted molar refractivity (Wildman–Crippen MR) is 55.5 cm³/mol. The molecule has 13 heavy (non-hydrogen) atoms. The zero-order chi connectivity index (χ0) is 9.84. The summed E-state index contributed by atoms with van der Waals surface area (Å²) in [5, 5.41) is 0. The van der Waals surface area contributed by atoms with Gasteiger partial charge >= 0.3 is 0 Å². The molecule has 68 valence electrons. The van der Waals surface area contributed by atoms with Crippen molar-refractivity contribution in [3.63, 3.8) is 0 Å². The molecule has 2 nitrogen and oxygen atoms in total. The van der Waals surface area contributed by atoms with Crippen LogP contribution in [0, 0.1) is 6.92 Å². The monoisotopic (exact) mass is 176 g/mol. The minimum absolute atomic E-state index is 0.0400. The van der Waals surface area contributed by atoms with Crippen molar-refractivity contribution >= 4 is 19.1 Å². The molecular formula is C10H13BO2. The molecule has 0 amide bonds. The number of carbonyl (C=O) groups is 1. The van der Waals surface area contributed by atoms with Gasteiger partial charge in [-0.1, -0.05) is 17.1 Å². The van der Waals surface area contributed by atoms with E-state index in [-0.39, 0.29) is 12.4 Å². The lowest BCUT2D eigenvalue weighted by Gasteiger charge is -2.06. The number of hydrogen-bond donors (Lipinski definition) is 0. The van der Waals surface area contributed by atoms with Crippen molar-refractivity contribution < 1.29 is 9.53 Å². The molecule has 0 unspecified atom stereocenters. The third-order valence-corrected chi connectivity index (χ3v) is 1.92. The van der Waals surface area contributed by atoms with Gasteiger partial charge in [-0.25, -0.2) is 0 Å². The van der Waals surface area contributed by atoms with Gasteiger partial charge < -0.3 is 4.74 Å². The van der Waals surface area contributed by atoms with Crippen molar-refractivity contribution in [2.45, 2.75) is 13.8 Å². The van der Waals surface area contributed by atoms with Crippen LogP contribution in [-0.4, -0.2) is 20.2 Å². The highest BCUT2D eigenvalue weighted by Crippen LogP contribution is 2.10. The minimum atomic E-state index is 0.0400. The molecule has 0 aromatic heterocycles. The summed E-state index contributed by atoms with van der Waals surface area (Å²) in [5.74, 6) is 0.802. The second-order valence-electron chi connectivity index (χ2n) is 3.24. The van der Waals surface area contributed by atoms with Crippen LogP contribution in [0.4, 0.5) is 0 Å². The molecule has 0 radical (unpaired) electrons. The van der Waals surface area contributed by atoms with Gasteiger partial charge in [0.05, 0.1) is 0 Å². The molecule has 0 saturated heterocycles. The highest BCUT2D eigenvalue weighted by molar-refractivity contribution is 6.33. The zero-order valence-electron chi connectivity index (χ0n) is 8.26. The van der Waals surface area contributed by atoms with Crippen molar-refractivity contribution in [2.75, 3.05) is 6.61 Å². The Morgan fingerprint density at radius 1 is 1.54 bits per heavy atom. The Morgan fingerprint density at radius 2 is 2.23 bits per heavy atom. The summed E-state index contributed by atoms with van der Waals surface area (Å²) in [7, 11) is 2.05. The Morgan fingerprint density at radius 3 is 2.77 bits per heavy atom. The molecule has 1 aromatic rings. The first-order valence-electron chi connectivity index (χ1n) is 4.29. The van der Waals surface area contributed by atoms with Crippen molar-refractivity contribution in [2.24, 2.45) is 0 Å². The van der Waals surface area contributed by atoms with Crippen molar-refractivity contribution in [1.82, 2.24) is 0 Å². The molecule has 1 aromatic carbocycles. The van der Waals surface area contributed by atoms with Gasteiger partial charge in [-0.3, -0.25) is 4.79 Å². The molecular weight excluding hydrogens is 163 g/mol. The normalized spacial score (nSPS) is 9.69. The third kappa shape index (κ3) is 2.94. The number of benzene rings is 1. The summed E-state index contributed by atoms with van der Waals surface area (Å²) in [6.45, 7) is 3.69. The Labute approximate surface area is 79.3 Å². The van der Waals surface area contributed by atoms with Gasteiger partial charge in [0.15, 0.2) is 5.78 Å². The summed E-state index contributed by atoms with van der Waals surface area (Å²) in [4.78, 5) is 10.6. The van der Waals surface area contributed by atoms with Gasteiger partial charge in [0.25, 0.3) is 0 Å². The molecule has 0 aliphatic rings. The first-order chi connectivity index (χ1) is 6.09. The van der Waals surface area contributed by atoms with Crippen LogP contribution in [0.15, 0.2) is 18.2 Å². The number of Topliss-reactive ketones (excluding diaryl/α,β-unsaturated/α-hetero) is 1. The zero-order valence-corrected chi connectivity index (χ0v) is 8.26. The Balaban J connectivity index is 2.68. The fourth-order valence-corrected chi connectivity index (χ4v) is 0.989. The smallest absolute Gasteiger partial charge is 0.167 e. The van der Waals surface area contributed by atoms with Crippen LogP contribution in [0.3, 0.4) is 0 Å². The maximum absolute atomic E-state index is 10.6. The Hall–Kier alpha value is -1.25. The van der Waals surface area contributed by atoms with Crippen LogP contribution in [-0.2, 0) is 4.79 Å². The lowest BCUT2D eigenvalue weighted by molar-refractivity contribution is -0.118. The number of ether oxygens (including phenoxy) is 1. The highest BCUT2D eigenvalue weighted by atomic mass is 16.5. The number of aryl methyl sites for hydroxylation is 1. The molecule has 3 heteroatoms. The molecule has 1 rings (SSSR count). The maximum Gasteiger partial charge on any atom is 0.167 e. The van der Waals surface area contributed by atoms with E-state index in [9.17, 15) is 4.79 Å². The van der Waals surface area contributed by atoms with Gasteiger partial charge in [0, 0.05) is 0 Å². The number of carbonyl (C=O) groups excluding carboxylic acids is 1. The quantitative estimate of drug-likeness (QED) is 0.616. The lowest BCUT2D eigenvalue weighted by Crippen LogP contribution is -2.10. The van der Waals surface area contributed by atoms with E-state index in [0.717, 1.165) is 5.75 Å². The van der Waals surface area contributed by atoms with Crippen LogP contribution in [0.1, 0.15) is 12.5 Å². The molecule has 0 N–H and O–H groups in total. The summed E-state index contributed by atoms with van der Waals surface area (Å²) in [6, 6.07) is 5.81. The second-order valence-corrected chi connectivity index (χ2v) is 3.24. The third-order valence-electron chi connectivity index (χ3n) is 1.92. The van der Waals surface area contributed by atoms with Crippen LogP contribution < -0.4 is 10.2 Å². The van der Waals surface area contributed by atoms with Gasteiger partial charge in [0.2, 0.25) is 0 Å². The van der Waals surface area contributed by atoms with Crippen LogP contribution >= 0.6 is 0 Å². The van der Waals surface area contributed by atoms with Crippen LogP contribution in [0.2, 0.25) is 0 Å². The Bertz CT molecular complexity index is 321. The summed E-state index contributed by atoms with van der Waals surface area (Å²) in [5.41, 5.74) is 2.41. The maximum atomic E-state index is 10.6. The fraction of sp³-hybridized carbons (Fsp3) is 0.300. The average Bonchev–Trinajstić information content (AvgIpc) is 2.07. The molecule has 0 atom stereocenters. The second kappa shape index (κ2) is 4.12. The van der Waals surface area contributed by atoms with Gasteiger partial charge in [-0.15, -0.1) is 0 Å². The van der Waals surface area contributed by atoms with Crippen molar-refractivity contribution in [3.05, 3.63) is 23.8 Å². The molecule has 0 aliphatic carbocycles. The Kier molecular flexibility index (Phi) is 3.12. The largest absolute Gasteiger partial charge is 0.486 e.